The molecule has 0 saturated heterocycles. The third-order valence-electron chi connectivity index (χ3n) is 5.50. The molecule has 0 fully saturated rings. The Morgan fingerprint density at radius 2 is 1.32 bits per heavy atom. The summed E-state index contributed by atoms with van der Waals surface area (Å²) < 4.78 is 27.2. The van der Waals surface area contributed by atoms with Gasteiger partial charge in [0.05, 0.1) is 51.7 Å². The number of ketones is 1. The first-order chi connectivity index (χ1) is 18.4. The highest BCUT2D eigenvalue weighted by atomic mass is 16.6. The normalized spacial score (nSPS) is 10.9. The highest BCUT2D eigenvalue weighted by Gasteiger charge is 2.17. The van der Waals surface area contributed by atoms with Crippen molar-refractivity contribution >= 4 is 29.3 Å². The van der Waals surface area contributed by atoms with Crippen molar-refractivity contribution in [2.45, 2.75) is 0 Å². The predicted molar refractivity (Wildman–Crippen MR) is 145 cm³/mol. The van der Waals surface area contributed by atoms with Crippen LogP contribution in [0, 0.1) is 10.1 Å². The van der Waals surface area contributed by atoms with Crippen LogP contribution in [0.2, 0.25) is 0 Å². The van der Waals surface area contributed by atoms with E-state index in [1.54, 1.807) is 32.4 Å². The van der Waals surface area contributed by atoms with Gasteiger partial charge in [0.15, 0.2) is 28.8 Å². The summed E-state index contributed by atoms with van der Waals surface area (Å²) in [5, 5.41) is 14.2. The van der Waals surface area contributed by atoms with Crippen LogP contribution in [0.15, 0.2) is 60.8 Å². The molecule has 0 amide bonds. The molecule has 0 bridgehead atoms. The van der Waals surface area contributed by atoms with E-state index >= 15 is 0 Å². The van der Waals surface area contributed by atoms with E-state index in [0.717, 1.165) is 11.1 Å². The Bertz CT molecular complexity index is 1360. The number of para-hydroxylation sites is 1. The SMILES string of the molecule is COc1cc(C=Cc2cc(OC)c(OC)c(OC)c2)cc(NC=CC(=O)c2ccccc2[N+](=O)[O-])c1OC. The van der Waals surface area contributed by atoms with Crippen LogP contribution in [0.5, 0.6) is 28.7 Å². The zero-order valence-corrected chi connectivity index (χ0v) is 21.6. The van der Waals surface area contributed by atoms with Gasteiger partial charge in [0.1, 0.15) is 0 Å². The Balaban J connectivity index is 1.91. The first-order valence-corrected chi connectivity index (χ1v) is 11.3. The van der Waals surface area contributed by atoms with E-state index in [1.165, 1.54) is 51.8 Å². The van der Waals surface area contributed by atoms with Crippen molar-refractivity contribution in [1.82, 2.24) is 0 Å². The van der Waals surface area contributed by atoms with Crippen LogP contribution < -0.4 is 29.0 Å². The number of rotatable bonds is 12. The minimum atomic E-state index is -0.591. The first kappa shape index (κ1) is 27.6. The second-order valence-electron chi connectivity index (χ2n) is 7.71. The molecular weight excluding hydrogens is 492 g/mol. The monoisotopic (exact) mass is 520 g/mol. The van der Waals surface area contributed by atoms with Gasteiger partial charge in [0, 0.05) is 18.3 Å². The Labute approximate surface area is 220 Å². The van der Waals surface area contributed by atoms with E-state index < -0.39 is 10.7 Å². The van der Waals surface area contributed by atoms with E-state index in [2.05, 4.69) is 5.32 Å². The molecule has 0 atom stereocenters. The number of ether oxygens (including phenoxy) is 5. The van der Waals surface area contributed by atoms with Crippen molar-refractivity contribution < 1.29 is 33.4 Å². The highest BCUT2D eigenvalue weighted by Crippen LogP contribution is 2.40. The number of anilines is 1. The van der Waals surface area contributed by atoms with Crippen LogP contribution in [-0.2, 0) is 0 Å². The Morgan fingerprint density at radius 1 is 0.789 bits per heavy atom. The molecule has 0 heterocycles. The van der Waals surface area contributed by atoms with Crippen LogP contribution in [0.25, 0.3) is 12.2 Å². The van der Waals surface area contributed by atoms with Crippen LogP contribution in [0.4, 0.5) is 11.4 Å². The lowest BCUT2D eigenvalue weighted by atomic mass is 10.1. The molecule has 0 aromatic heterocycles. The number of nitro groups is 1. The summed E-state index contributed by atoms with van der Waals surface area (Å²) in [5.74, 6) is 1.89. The number of nitrogens with one attached hydrogen (secondary N) is 1. The standard InChI is InChI=1S/C28H28N2O8/c1-34-24-15-18(10-11-19-16-25(35-2)28(38-5)26(17-19)36-3)14-21(27(24)37-4)29-13-12-23(31)20-8-6-7-9-22(20)30(32)33/h6-17,29H,1-5H3. The van der Waals surface area contributed by atoms with Gasteiger partial charge in [-0.1, -0.05) is 24.3 Å². The largest absolute Gasteiger partial charge is 0.493 e. The van der Waals surface area contributed by atoms with Gasteiger partial charge in [-0.2, -0.15) is 0 Å². The van der Waals surface area contributed by atoms with Crippen molar-refractivity contribution in [1.29, 1.82) is 0 Å². The van der Waals surface area contributed by atoms with Gasteiger partial charge in [0.2, 0.25) is 5.75 Å². The molecule has 1 N–H and O–H groups in total. The summed E-state index contributed by atoms with van der Waals surface area (Å²) in [5.41, 5.74) is 1.81. The number of benzene rings is 3. The number of carbonyl (C=O) groups is 1. The van der Waals surface area contributed by atoms with Crippen molar-refractivity contribution in [3.05, 3.63) is 87.6 Å². The smallest absolute Gasteiger partial charge is 0.280 e. The molecule has 3 rings (SSSR count). The minimum absolute atomic E-state index is 0.0119. The summed E-state index contributed by atoms with van der Waals surface area (Å²) in [6.07, 6.45) is 6.33. The van der Waals surface area contributed by atoms with Gasteiger partial charge in [0.25, 0.3) is 5.69 Å². The number of methoxy groups -OCH3 is 5. The lowest BCUT2D eigenvalue weighted by molar-refractivity contribution is -0.385. The number of hydrogen-bond donors (Lipinski definition) is 1. The molecule has 0 aliphatic heterocycles. The number of nitrogens with zero attached hydrogens (tertiary/aromatic N) is 1. The maximum atomic E-state index is 12.6. The molecule has 198 valence electrons. The molecule has 0 aliphatic rings. The molecule has 0 spiro atoms. The molecule has 10 heteroatoms. The minimum Gasteiger partial charge on any atom is -0.493 e. The van der Waals surface area contributed by atoms with Crippen molar-refractivity contribution in [3.8, 4) is 28.7 Å². The third kappa shape index (κ3) is 6.22. The van der Waals surface area contributed by atoms with Gasteiger partial charge in [-0.05, 0) is 41.5 Å². The van der Waals surface area contributed by atoms with E-state index in [0.29, 0.717) is 34.4 Å². The average molecular weight is 521 g/mol. The van der Waals surface area contributed by atoms with Gasteiger partial charge < -0.3 is 29.0 Å². The van der Waals surface area contributed by atoms with E-state index in [1.807, 2.05) is 24.3 Å². The Morgan fingerprint density at radius 3 is 1.84 bits per heavy atom. The second kappa shape index (κ2) is 12.8. The number of carbonyl (C=O) groups excluding carboxylic acids is 1. The molecule has 10 nitrogen and oxygen atoms in total. The first-order valence-electron chi connectivity index (χ1n) is 11.3. The summed E-state index contributed by atoms with van der Waals surface area (Å²) in [6, 6.07) is 13.0. The van der Waals surface area contributed by atoms with Gasteiger partial charge in [-0.25, -0.2) is 0 Å². The fourth-order valence-electron chi connectivity index (χ4n) is 3.72. The maximum Gasteiger partial charge on any atom is 0.280 e. The molecule has 0 saturated carbocycles. The van der Waals surface area contributed by atoms with Crippen LogP contribution in [-0.4, -0.2) is 46.3 Å². The van der Waals surface area contributed by atoms with Crippen LogP contribution in [0.3, 0.4) is 0 Å². The molecule has 3 aromatic rings. The van der Waals surface area contributed by atoms with Gasteiger partial charge >= 0.3 is 0 Å². The summed E-state index contributed by atoms with van der Waals surface area (Å²) in [7, 11) is 7.65. The maximum absolute atomic E-state index is 12.6. The van der Waals surface area contributed by atoms with Gasteiger partial charge in [-0.15, -0.1) is 0 Å². The molecule has 0 radical (unpaired) electrons. The topological polar surface area (TPSA) is 118 Å². The van der Waals surface area contributed by atoms with Crippen molar-refractivity contribution in [2.75, 3.05) is 40.9 Å². The number of nitro benzene ring substituents is 1. The summed E-state index contributed by atoms with van der Waals surface area (Å²) in [4.78, 5) is 23.2. The molecule has 38 heavy (non-hydrogen) atoms. The average Bonchev–Trinajstić information content (AvgIpc) is 2.94. The van der Waals surface area contributed by atoms with Crippen LogP contribution in [0.1, 0.15) is 21.5 Å². The highest BCUT2D eigenvalue weighted by molar-refractivity contribution is 6.07. The molecule has 3 aromatic carbocycles. The second-order valence-corrected chi connectivity index (χ2v) is 7.71. The summed E-state index contributed by atoms with van der Waals surface area (Å²) >= 11 is 0. The van der Waals surface area contributed by atoms with E-state index in [9.17, 15) is 14.9 Å². The summed E-state index contributed by atoms with van der Waals surface area (Å²) in [6.45, 7) is 0. The molecule has 0 aliphatic carbocycles. The van der Waals surface area contributed by atoms with Gasteiger partial charge in [-0.3, -0.25) is 14.9 Å². The Kier molecular flexibility index (Phi) is 9.31. The molecule has 0 unspecified atom stereocenters. The molecular formula is C28H28N2O8. The predicted octanol–water partition coefficient (Wildman–Crippen LogP) is 5.62. The zero-order chi connectivity index (χ0) is 27.7. The lowest BCUT2D eigenvalue weighted by Crippen LogP contribution is -2.02. The number of hydrogen-bond acceptors (Lipinski definition) is 9. The number of allylic oxidation sites excluding steroid dienone is 1. The zero-order valence-electron chi connectivity index (χ0n) is 21.6. The fraction of sp³-hybridized carbons (Fsp3) is 0.179. The lowest BCUT2D eigenvalue weighted by Gasteiger charge is -2.14. The Hall–Kier alpha value is -4.99. The quantitative estimate of drug-likeness (QED) is 0.107. The van der Waals surface area contributed by atoms with E-state index in [-0.39, 0.29) is 11.3 Å². The van der Waals surface area contributed by atoms with Crippen molar-refractivity contribution in [2.24, 2.45) is 0 Å². The van der Waals surface area contributed by atoms with Crippen LogP contribution >= 0.6 is 0 Å². The van der Waals surface area contributed by atoms with Crippen molar-refractivity contribution in [3.63, 3.8) is 0 Å². The van der Waals surface area contributed by atoms with E-state index in [4.69, 9.17) is 23.7 Å². The third-order valence-corrected chi connectivity index (χ3v) is 5.50. The fourth-order valence-corrected chi connectivity index (χ4v) is 3.72.